The Balaban J connectivity index is 1.86. The van der Waals surface area contributed by atoms with Crippen molar-refractivity contribution in [2.45, 2.75) is 20.8 Å². The molecule has 2 N–H and O–H groups in total. The number of benzene rings is 2. The highest BCUT2D eigenvalue weighted by Crippen LogP contribution is 2.38. The smallest absolute Gasteiger partial charge is 0.222 e. The Bertz CT molecular complexity index is 1010. The number of nitrogens with zero attached hydrogens (tertiary/aromatic N) is 3. The largest absolute Gasteiger partial charge is 0.398 e. The van der Waals surface area contributed by atoms with Crippen LogP contribution in [-0.2, 0) is 4.79 Å². The van der Waals surface area contributed by atoms with Gasteiger partial charge in [0.2, 0.25) is 5.91 Å². The lowest BCUT2D eigenvalue weighted by molar-refractivity contribution is -0.131. The Kier molecular flexibility index (Phi) is 3.80. The van der Waals surface area contributed by atoms with Gasteiger partial charge in [-0.25, -0.2) is 4.98 Å². The van der Waals surface area contributed by atoms with Gasteiger partial charge in [-0.2, -0.15) is 0 Å². The van der Waals surface area contributed by atoms with Crippen LogP contribution >= 0.6 is 0 Å². The molecule has 1 aliphatic rings. The van der Waals surface area contributed by atoms with Gasteiger partial charge in [-0.3, -0.25) is 4.79 Å². The number of anilines is 2. The highest BCUT2D eigenvalue weighted by molar-refractivity contribution is 6.05. The molecule has 5 nitrogen and oxygen atoms in total. The number of nitrogen functional groups attached to an aromatic ring is 1. The zero-order valence-electron chi connectivity index (χ0n) is 15.3. The van der Waals surface area contributed by atoms with Crippen LogP contribution < -0.4 is 10.6 Å². The number of hydrogen-bond donors (Lipinski definition) is 1. The van der Waals surface area contributed by atoms with Gasteiger partial charge in [-0.1, -0.05) is 30.3 Å². The monoisotopic (exact) mass is 346 g/mol. The van der Waals surface area contributed by atoms with Crippen LogP contribution in [0.15, 0.2) is 42.5 Å². The third kappa shape index (κ3) is 2.56. The van der Waals surface area contributed by atoms with Crippen molar-refractivity contribution in [3.8, 4) is 11.1 Å². The number of rotatable bonds is 2. The van der Waals surface area contributed by atoms with Crippen LogP contribution in [0.2, 0.25) is 0 Å². The van der Waals surface area contributed by atoms with Gasteiger partial charge in [-0.15, -0.1) is 0 Å². The van der Waals surface area contributed by atoms with Crippen LogP contribution in [0.4, 0.5) is 11.5 Å². The Morgan fingerprint density at radius 1 is 1.12 bits per heavy atom. The average molecular weight is 346 g/mol. The first-order valence-corrected chi connectivity index (χ1v) is 8.72. The minimum Gasteiger partial charge on any atom is -0.398 e. The van der Waals surface area contributed by atoms with Gasteiger partial charge in [0.25, 0.3) is 0 Å². The van der Waals surface area contributed by atoms with Gasteiger partial charge in [0.15, 0.2) is 0 Å². The lowest BCUT2D eigenvalue weighted by atomic mass is 9.92. The van der Waals surface area contributed by atoms with Crippen molar-refractivity contribution in [1.82, 2.24) is 9.88 Å². The summed E-state index contributed by atoms with van der Waals surface area (Å²) in [6, 6.07) is 14.3. The topological polar surface area (TPSA) is 62.5 Å². The zero-order valence-corrected chi connectivity index (χ0v) is 15.3. The molecule has 0 saturated carbocycles. The molecule has 2 aromatic carbocycles. The number of amides is 1. The second-order valence-electron chi connectivity index (χ2n) is 6.90. The number of aryl methyl sites for hydroxylation is 1. The summed E-state index contributed by atoms with van der Waals surface area (Å²) >= 11 is 0. The minimum absolute atomic E-state index is 0.0767. The molecule has 0 bridgehead atoms. The van der Waals surface area contributed by atoms with Gasteiger partial charge in [0.05, 0.1) is 18.9 Å². The number of carbonyl (C=O) groups is 1. The fourth-order valence-corrected chi connectivity index (χ4v) is 3.49. The summed E-state index contributed by atoms with van der Waals surface area (Å²) in [7, 11) is 0. The first-order valence-electron chi connectivity index (χ1n) is 8.72. The number of aromatic nitrogens is 1. The first kappa shape index (κ1) is 16.4. The number of hydrogen-bond acceptors (Lipinski definition) is 4. The summed E-state index contributed by atoms with van der Waals surface area (Å²) in [6.07, 6.45) is 0. The fraction of sp³-hybridized carbons (Fsp3) is 0.238. The fourth-order valence-electron chi connectivity index (χ4n) is 3.49. The van der Waals surface area contributed by atoms with Crippen LogP contribution in [-0.4, -0.2) is 29.1 Å². The third-order valence-corrected chi connectivity index (χ3v) is 5.15. The van der Waals surface area contributed by atoms with Crippen molar-refractivity contribution in [2.75, 3.05) is 24.0 Å². The van der Waals surface area contributed by atoms with E-state index < -0.39 is 0 Å². The van der Waals surface area contributed by atoms with Gasteiger partial charge >= 0.3 is 0 Å². The summed E-state index contributed by atoms with van der Waals surface area (Å²) in [4.78, 5) is 20.1. The van der Waals surface area contributed by atoms with Gasteiger partial charge in [-0.05, 0) is 42.2 Å². The van der Waals surface area contributed by atoms with E-state index in [2.05, 4.69) is 36.9 Å². The van der Waals surface area contributed by atoms with E-state index in [9.17, 15) is 4.79 Å². The molecule has 1 amide bonds. The highest BCUT2D eigenvalue weighted by atomic mass is 16.2. The molecule has 1 aromatic heterocycles. The molecular formula is C21H22N4O. The molecule has 0 spiro atoms. The van der Waals surface area contributed by atoms with Crippen LogP contribution in [0, 0.1) is 13.8 Å². The van der Waals surface area contributed by atoms with E-state index in [-0.39, 0.29) is 5.91 Å². The molecule has 0 radical (unpaired) electrons. The zero-order chi connectivity index (χ0) is 18.4. The third-order valence-electron chi connectivity index (χ3n) is 5.15. The Morgan fingerprint density at radius 2 is 1.81 bits per heavy atom. The molecule has 132 valence electrons. The molecule has 5 heteroatoms. The molecule has 26 heavy (non-hydrogen) atoms. The van der Waals surface area contributed by atoms with Crippen molar-refractivity contribution in [3.05, 3.63) is 53.6 Å². The Hall–Kier alpha value is -3.08. The van der Waals surface area contributed by atoms with E-state index in [1.807, 2.05) is 24.3 Å². The van der Waals surface area contributed by atoms with Crippen LogP contribution in [0.5, 0.6) is 0 Å². The van der Waals surface area contributed by atoms with Gasteiger partial charge in [0.1, 0.15) is 5.82 Å². The predicted octanol–water partition coefficient (Wildman–Crippen LogP) is 3.68. The van der Waals surface area contributed by atoms with E-state index in [4.69, 9.17) is 10.7 Å². The molecule has 1 saturated heterocycles. The highest BCUT2D eigenvalue weighted by Gasteiger charge is 2.27. The second kappa shape index (κ2) is 6.02. The SMILES string of the molecule is CC(=O)N1CN(c2cc(N)c3c(-c4ccccc4)c(C)c(C)cc3n2)C1. The standard InChI is InChI=1S/C21H22N4O/c1-13-9-18-21(20(14(13)2)16-7-5-4-6-8-16)17(22)10-19(23-18)25-11-24(12-25)15(3)26/h4-10H,11-12H2,1-3H3,(H2,22,23). The van der Waals surface area contributed by atoms with E-state index in [0.717, 1.165) is 27.8 Å². The van der Waals surface area contributed by atoms with E-state index >= 15 is 0 Å². The quantitative estimate of drug-likeness (QED) is 0.769. The molecule has 0 atom stereocenters. The molecule has 3 aromatic rings. The van der Waals surface area contributed by atoms with Crippen LogP contribution in [0.1, 0.15) is 18.1 Å². The summed E-state index contributed by atoms with van der Waals surface area (Å²) in [6.45, 7) is 6.93. The lowest BCUT2D eigenvalue weighted by Gasteiger charge is -2.42. The van der Waals surface area contributed by atoms with Crippen LogP contribution in [0.25, 0.3) is 22.0 Å². The predicted molar refractivity (Wildman–Crippen MR) is 106 cm³/mol. The van der Waals surface area contributed by atoms with E-state index in [0.29, 0.717) is 19.0 Å². The molecule has 2 heterocycles. The van der Waals surface area contributed by atoms with Crippen molar-refractivity contribution < 1.29 is 4.79 Å². The van der Waals surface area contributed by atoms with Gasteiger partial charge in [0, 0.05) is 24.1 Å². The number of pyridine rings is 1. The van der Waals surface area contributed by atoms with E-state index in [1.165, 1.54) is 11.1 Å². The van der Waals surface area contributed by atoms with Crippen molar-refractivity contribution in [1.29, 1.82) is 0 Å². The summed E-state index contributed by atoms with van der Waals surface area (Å²) in [5.41, 5.74) is 12.8. The average Bonchev–Trinajstić information content (AvgIpc) is 2.55. The summed E-state index contributed by atoms with van der Waals surface area (Å²) in [5, 5.41) is 0.993. The summed E-state index contributed by atoms with van der Waals surface area (Å²) in [5.74, 6) is 0.891. The van der Waals surface area contributed by atoms with Crippen molar-refractivity contribution in [3.63, 3.8) is 0 Å². The molecule has 4 rings (SSSR count). The normalized spacial score (nSPS) is 13.8. The number of fused-ring (bicyclic) bond motifs is 1. The van der Waals surface area contributed by atoms with Crippen molar-refractivity contribution in [2.24, 2.45) is 0 Å². The molecular weight excluding hydrogens is 324 g/mol. The summed E-state index contributed by atoms with van der Waals surface area (Å²) < 4.78 is 0. The number of carbonyl (C=O) groups excluding carboxylic acids is 1. The molecule has 0 aliphatic carbocycles. The number of nitrogens with two attached hydrogens (primary N) is 1. The maximum absolute atomic E-state index is 11.4. The van der Waals surface area contributed by atoms with Gasteiger partial charge < -0.3 is 15.5 Å². The second-order valence-corrected chi connectivity index (χ2v) is 6.90. The first-order chi connectivity index (χ1) is 12.5. The Labute approximate surface area is 153 Å². The van der Waals surface area contributed by atoms with Crippen molar-refractivity contribution >= 4 is 28.3 Å². The molecule has 0 unspecified atom stereocenters. The Morgan fingerprint density at radius 3 is 2.46 bits per heavy atom. The maximum atomic E-state index is 11.4. The van der Waals surface area contributed by atoms with E-state index in [1.54, 1.807) is 11.8 Å². The minimum atomic E-state index is 0.0767. The molecule has 1 fully saturated rings. The lowest BCUT2D eigenvalue weighted by Crippen LogP contribution is -2.57. The van der Waals surface area contributed by atoms with Crippen LogP contribution in [0.3, 0.4) is 0 Å². The maximum Gasteiger partial charge on any atom is 0.222 e. The molecule has 1 aliphatic heterocycles.